The fourth-order valence-corrected chi connectivity index (χ4v) is 2.44. The molecule has 0 radical (unpaired) electrons. The lowest BCUT2D eigenvalue weighted by Gasteiger charge is -2.31. The van der Waals surface area contributed by atoms with Gasteiger partial charge in [-0.2, -0.15) is 0 Å². The molecule has 3 N–H and O–H groups in total. The van der Waals surface area contributed by atoms with Gasteiger partial charge in [0.05, 0.1) is 6.10 Å². The average Bonchev–Trinajstić information content (AvgIpc) is 2.37. The molecule has 1 heterocycles. The molecule has 2 rings (SSSR count). The van der Waals surface area contributed by atoms with E-state index in [-0.39, 0.29) is 6.10 Å². The molecule has 0 bridgehead atoms. The van der Waals surface area contributed by atoms with Crippen LogP contribution in [-0.4, -0.2) is 35.7 Å². The molecular weight excluding hydrogens is 212 g/mol. The normalized spacial score (nSPS) is 23.5. The maximum absolute atomic E-state index is 10.1. The van der Waals surface area contributed by atoms with E-state index in [4.69, 9.17) is 5.73 Å². The van der Waals surface area contributed by atoms with E-state index in [1.165, 1.54) is 6.42 Å². The van der Waals surface area contributed by atoms with Crippen molar-refractivity contribution in [2.45, 2.75) is 31.4 Å². The molecule has 0 unspecified atom stereocenters. The van der Waals surface area contributed by atoms with Crippen LogP contribution in [0.4, 0.5) is 0 Å². The number of piperidine rings is 1. The smallest absolute Gasteiger partial charge is 0.0802 e. The van der Waals surface area contributed by atoms with E-state index in [1.807, 2.05) is 30.3 Å². The molecule has 0 aliphatic carbocycles. The molecule has 2 atom stereocenters. The molecule has 94 valence electrons. The van der Waals surface area contributed by atoms with Crippen molar-refractivity contribution in [3.63, 3.8) is 0 Å². The first-order valence-corrected chi connectivity index (χ1v) is 6.46. The van der Waals surface area contributed by atoms with Crippen molar-refractivity contribution in [2.24, 2.45) is 5.73 Å². The summed E-state index contributed by atoms with van der Waals surface area (Å²) >= 11 is 0. The minimum Gasteiger partial charge on any atom is -0.388 e. The number of likely N-dealkylation sites (tertiary alicyclic amines) is 1. The topological polar surface area (TPSA) is 49.5 Å². The van der Waals surface area contributed by atoms with Crippen molar-refractivity contribution < 1.29 is 5.11 Å². The first kappa shape index (κ1) is 12.6. The fourth-order valence-electron chi connectivity index (χ4n) is 2.44. The van der Waals surface area contributed by atoms with Crippen LogP contribution in [0.1, 0.15) is 30.9 Å². The van der Waals surface area contributed by atoms with Crippen molar-refractivity contribution in [1.82, 2.24) is 4.90 Å². The number of nitrogens with two attached hydrogens (primary N) is 1. The Hall–Kier alpha value is -0.900. The van der Waals surface area contributed by atoms with Crippen molar-refractivity contribution in [2.75, 3.05) is 19.6 Å². The summed E-state index contributed by atoms with van der Waals surface area (Å²) in [6, 6.07) is 10.2. The Morgan fingerprint density at radius 2 is 2.12 bits per heavy atom. The number of nitrogens with zero attached hydrogens (tertiary/aromatic N) is 1. The number of hydrogen-bond donors (Lipinski definition) is 2. The summed E-state index contributed by atoms with van der Waals surface area (Å²) < 4.78 is 0. The molecule has 1 fully saturated rings. The number of rotatable bonds is 4. The molecule has 1 aromatic carbocycles. The molecule has 1 aliphatic heterocycles. The molecule has 0 saturated carbocycles. The predicted octanol–water partition coefficient (Wildman–Crippen LogP) is 1.53. The Labute approximate surface area is 103 Å². The Morgan fingerprint density at radius 1 is 1.35 bits per heavy atom. The monoisotopic (exact) mass is 234 g/mol. The van der Waals surface area contributed by atoms with E-state index in [9.17, 15) is 5.11 Å². The van der Waals surface area contributed by atoms with Crippen molar-refractivity contribution >= 4 is 0 Å². The molecule has 0 spiro atoms. The summed E-state index contributed by atoms with van der Waals surface area (Å²) in [5, 5.41) is 10.1. The van der Waals surface area contributed by atoms with Gasteiger partial charge in [-0.1, -0.05) is 30.3 Å². The highest BCUT2D eigenvalue weighted by Gasteiger charge is 2.17. The molecule has 3 heteroatoms. The maximum atomic E-state index is 10.1. The molecule has 0 aromatic heterocycles. The lowest BCUT2D eigenvalue weighted by molar-refractivity contribution is 0.129. The van der Waals surface area contributed by atoms with Crippen LogP contribution in [0.2, 0.25) is 0 Å². The number of aliphatic hydroxyl groups excluding tert-OH is 1. The van der Waals surface area contributed by atoms with Crippen LogP contribution in [0.5, 0.6) is 0 Å². The molecular formula is C14H22N2O. The maximum Gasteiger partial charge on any atom is 0.0802 e. The SMILES string of the molecule is N[C@@H]1CCCN(CC[C@@H](O)c2ccccc2)C1. The van der Waals surface area contributed by atoms with Gasteiger partial charge in [0, 0.05) is 19.1 Å². The molecule has 1 aliphatic rings. The third-order valence-corrected chi connectivity index (χ3v) is 3.45. The second-order valence-electron chi connectivity index (χ2n) is 4.92. The average molecular weight is 234 g/mol. The van der Waals surface area contributed by atoms with Crippen LogP contribution >= 0.6 is 0 Å². The van der Waals surface area contributed by atoms with Gasteiger partial charge in [0.15, 0.2) is 0 Å². The summed E-state index contributed by atoms with van der Waals surface area (Å²) in [6.07, 6.45) is 2.76. The molecule has 1 aromatic rings. The lowest BCUT2D eigenvalue weighted by atomic mass is 10.0. The predicted molar refractivity (Wildman–Crippen MR) is 69.7 cm³/mol. The van der Waals surface area contributed by atoms with Gasteiger partial charge in [-0.05, 0) is 31.4 Å². The van der Waals surface area contributed by atoms with E-state index in [0.29, 0.717) is 6.04 Å². The van der Waals surface area contributed by atoms with Crippen molar-refractivity contribution in [1.29, 1.82) is 0 Å². The van der Waals surface area contributed by atoms with Gasteiger partial charge in [-0.3, -0.25) is 0 Å². The third kappa shape index (κ3) is 3.80. The van der Waals surface area contributed by atoms with Crippen molar-refractivity contribution in [3.05, 3.63) is 35.9 Å². The van der Waals surface area contributed by atoms with E-state index in [0.717, 1.165) is 38.0 Å². The Bertz CT molecular complexity index is 328. The standard InChI is InChI=1S/C14H22N2O/c15-13-7-4-9-16(11-13)10-8-14(17)12-5-2-1-3-6-12/h1-3,5-6,13-14,17H,4,7-11,15H2/t13-,14-/m1/s1. The van der Waals surface area contributed by atoms with Crippen LogP contribution in [0.3, 0.4) is 0 Å². The van der Waals surface area contributed by atoms with Gasteiger partial charge in [-0.15, -0.1) is 0 Å². The van der Waals surface area contributed by atoms with Gasteiger partial charge in [-0.25, -0.2) is 0 Å². The lowest BCUT2D eigenvalue weighted by Crippen LogP contribution is -2.43. The van der Waals surface area contributed by atoms with Crippen LogP contribution in [-0.2, 0) is 0 Å². The van der Waals surface area contributed by atoms with Crippen molar-refractivity contribution in [3.8, 4) is 0 Å². The number of benzene rings is 1. The zero-order chi connectivity index (χ0) is 12.1. The summed E-state index contributed by atoms with van der Waals surface area (Å²) in [7, 11) is 0. The number of aliphatic hydroxyl groups is 1. The second kappa shape index (κ2) is 6.15. The van der Waals surface area contributed by atoms with Crippen LogP contribution in [0.15, 0.2) is 30.3 Å². The summed E-state index contributed by atoms with van der Waals surface area (Å²) in [5.74, 6) is 0. The van der Waals surface area contributed by atoms with Gasteiger partial charge in [0.2, 0.25) is 0 Å². The highest BCUT2D eigenvalue weighted by Crippen LogP contribution is 2.17. The Morgan fingerprint density at radius 3 is 2.82 bits per heavy atom. The first-order valence-electron chi connectivity index (χ1n) is 6.46. The zero-order valence-corrected chi connectivity index (χ0v) is 10.3. The van der Waals surface area contributed by atoms with Crippen LogP contribution in [0.25, 0.3) is 0 Å². The molecule has 1 saturated heterocycles. The highest BCUT2D eigenvalue weighted by molar-refractivity contribution is 5.17. The Balaban J connectivity index is 1.78. The summed E-state index contributed by atoms with van der Waals surface area (Å²) in [6.45, 7) is 3.03. The highest BCUT2D eigenvalue weighted by atomic mass is 16.3. The van der Waals surface area contributed by atoms with E-state index >= 15 is 0 Å². The quantitative estimate of drug-likeness (QED) is 0.830. The minimum atomic E-state index is -0.352. The zero-order valence-electron chi connectivity index (χ0n) is 10.3. The second-order valence-corrected chi connectivity index (χ2v) is 4.92. The summed E-state index contributed by atoms with van der Waals surface area (Å²) in [4.78, 5) is 2.36. The molecule has 0 amide bonds. The van der Waals surface area contributed by atoms with Gasteiger partial charge in [0.1, 0.15) is 0 Å². The van der Waals surface area contributed by atoms with E-state index in [2.05, 4.69) is 4.90 Å². The van der Waals surface area contributed by atoms with Gasteiger partial charge in [0.25, 0.3) is 0 Å². The van der Waals surface area contributed by atoms with E-state index in [1.54, 1.807) is 0 Å². The molecule has 17 heavy (non-hydrogen) atoms. The fraction of sp³-hybridized carbons (Fsp3) is 0.571. The largest absolute Gasteiger partial charge is 0.388 e. The molecule has 3 nitrogen and oxygen atoms in total. The van der Waals surface area contributed by atoms with E-state index < -0.39 is 0 Å². The van der Waals surface area contributed by atoms with Gasteiger partial charge >= 0.3 is 0 Å². The van der Waals surface area contributed by atoms with Crippen LogP contribution < -0.4 is 5.73 Å². The number of hydrogen-bond acceptors (Lipinski definition) is 3. The first-order chi connectivity index (χ1) is 8.25. The summed E-state index contributed by atoms with van der Waals surface area (Å²) in [5.41, 5.74) is 6.95. The van der Waals surface area contributed by atoms with Crippen LogP contribution in [0, 0.1) is 0 Å². The van der Waals surface area contributed by atoms with Gasteiger partial charge < -0.3 is 15.7 Å². The minimum absolute atomic E-state index is 0.317. The third-order valence-electron chi connectivity index (χ3n) is 3.45. The Kier molecular flexibility index (Phi) is 4.54.